The molecule has 0 aliphatic carbocycles. The molecule has 1 heterocycles. The highest BCUT2D eigenvalue weighted by Crippen LogP contribution is 2.17. The van der Waals surface area contributed by atoms with Gasteiger partial charge >= 0.3 is 0 Å². The highest BCUT2D eigenvalue weighted by Gasteiger charge is 2.20. The van der Waals surface area contributed by atoms with Crippen molar-refractivity contribution in [3.05, 3.63) is 0 Å². The van der Waals surface area contributed by atoms with E-state index in [4.69, 9.17) is 5.73 Å². The molecule has 1 aliphatic heterocycles. The quantitative estimate of drug-likeness (QED) is 0.722. The molecule has 0 bridgehead atoms. The second kappa shape index (κ2) is 5.61. The molecule has 0 unspecified atom stereocenters. The first kappa shape index (κ1) is 11.0. The van der Waals surface area contributed by atoms with Crippen LogP contribution in [0.15, 0.2) is 0 Å². The van der Waals surface area contributed by atoms with Gasteiger partial charge in [-0.25, -0.2) is 0 Å². The predicted octanol–water partition coefficient (Wildman–Crippen LogP) is 1.85. The van der Waals surface area contributed by atoms with Crippen LogP contribution in [-0.4, -0.2) is 30.6 Å². The van der Waals surface area contributed by atoms with Crippen LogP contribution < -0.4 is 5.73 Å². The van der Waals surface area contributed by atoms with Crippen molar-refractivity contribution >= 4 is 0 Å². The van der Waals surface area contributed by atoms with E-state index in [-0.39, 0.29) is 0 Å². The lowest BCUT2D eigenvalue weighted by molar-refractivity contribution is 0.145. The molecule has 1 atom stereocenters. The maximum Gasteiger partial charge on any atom is 0.0218 e. The summed E-state index contributed by atoms with van der Waals surface area (Å²) in [7, 11) is 0. The zero-order valence-electron chi connectivity index (χ0n) is 9.13. The van der Waals surface area contributed by atoms with Gasteiger partial charge in [-0.05, 0) is 38.3 Å². The van der Waals surface area contributed by atoms with Crippen molar-refractivity contribution in [3.8, 4) is 0 Å². The van der Waals surface area contributed by atoms with Gasteiger partial charge in [0, 0.05) is 12.6 Å². The van der Waals surface area contributed by atoms with E-state index < -0.39 is 0 Å². The molecule has 0 amide bonds. The fraction of sp³-hybridized carbons (Fsp3) is 1.00. The first-order valence-electron chi connectivity index (χ1n) is 5.68. The molecule has 1 aliphatic rings. The maximum absolute atomic E-state index is 5.76. The third-order valence-corrected chi connectivity index (χ3v) is 3.01. The largest absolute Gasteiger partial charge is 0.329 e. The molecule has 1 rings (SSSR count). The van der Waals surface area contributed by atoms with Gasteiger partial charge in [-0.1, -0.05) is 20.3 Å². The van der Waals surface area contributed by atoms with Crippen LogP contribution in [0.3, 0.4) is 0 Å². The number of hydrogen-bond acceptors (Lipinski definition) is 2. The first-order valence-corrected chi connectivity index (χ1v) is 5.68. The Bertz CT molecular complexity index is 134. The number of likely N-dealkylation sites (tertiary alicyclic amines) is 1. The van der Waals surface area contributed by atoms with Gasteiger partial charge in [0.05, 0.1) is 0 Å². The zero-order valence-corrected chi connectivity index (χ0v) is 9.13. The molecule has 1 saturated heterocycles. The van der Waals surface area contributed by atoms with Crippen LogP contribution in [0.1, 0.15) is 39.5 Å². The lowest BCUT2D eigenvalue weighted by Crippen LogP contribution is -2.44. The van der Waals surface area contributed by atoms with Crippen molar-refractivity contribution in [1.82, 2.24) is 4.90 Å². The average molecular weight is 184 g/mol. The Balaban J connectivity index is 2.27. The summed E-state index contributed by atoms with van der Waals surface area (Å²) in [5.74, 6) is 0.820. The second-order valence-corrected chi connectivity index (χ2v) is 4.60. The number of nitrogens with zero attached hydrogens (tertiary/aromatic N) is 1. The molecule has 0 aromatic carbocycles. The molecule has 0 spiro atoms. The average Bonchev–Trinajstić information content (AvgIpc) is 2.15. The minimum absolute atomic E-state index is 0.674. The molecule has 2 N–H and O–H groups in total. The molecule has 0 aromatic heterocycles. The first-order chi connectivity index (χ1) is 6.24. The normalized spacial score (nSPS) is 25.4. The molecule has 0 aromatic rings. The van der Waals surface area contributed by atoms with Crippen molar-refractivity contribution in [2.24, 2.45) is 11.7 Å². The van der Waals surface area contributed by atoms with Gasteiger partial charge in [0.15, 0.2) is 0 Å². The summed E-state index contributed by atoms with van der Waals surface area (Å²) in [6.07, 6.45) is 5.37. The summed E-state index contributed by atoms with van der Waals surface area (Å²) in [6.45, 7) is 7.95. The van der Waals surface area contributed by atoms with Gasteiger partial charge in [0.2, 0.25) is 0 Å². The van der Waals surface area contributed by atoms with Crippen molar-refractivity contribution in [2.45, 2.75) is 45.6 Å². The standard InChI is InChI=1S/C11H24N2/c1-10(2)6-8-13-7-4-3-5-11(13)9-12/h10-11H,3-9,12H2,1-2H3/t11-/m0/s1. The van der Waals surface area contributed by atoms with Crippen LogP contribution in [-0.2, 0) is 0 Å². The van der Waals surface area contributed by atoms with Crippen molar-refractivity contribution in [1.29, 1.82) is 0 Å². The second-order valence-electron chi connectivity index (χ2n) is 4.60. The van der Waals surface area contributed by atoms with Gasteiger partial charge in [-0.3, -0.25) is 4.90 Å². The van der Waals surface area contributed by atoms with Crippen LogP contribution in [0.5, 0.6) is 0 Å². The molecule has 78 valence electrons. The van der Waals surface area contributed by atoms with E-state index in [2.05, 4.69) is 18.7 Å². The minimum atomic E-state index is 0.674. The van der Waals surface area contributed by atoms with Crippen LogP contribution >= 0.6 is 0 Å². The Labute approximate surface area is 82.5 Å². The summed E-state index contributed by atoms with van der Waals surface area (Å²) in [4.78, 5) is 2.59. The van der Waals surface area contributed by atoms with Crippen molar-refractivity contribution < 1.29 is 0 Å². The SMILES string of the molecule is CC(C)CCN1CCCC[C@H]1CN. The highest BCUT2D eigenvalue weighted by molar-refractivity contribution is 4.77. The summed E-state index contributed by atoms with van der Waals surface area (Å²) < 4.78 is 0. The lowest BCUT2D eigenvalue weighted by Gasteiger charge is -2.35. The van der Waals surface area contributed by atoms with E-state index in [0.717, 1.165) is 12.5 Å². The van der Waals surface area contributed by atoms with E-state index in [0.29, 0.717) is 6.04 Å². The molecule has 13 heavy (non-hydrogen) atoms. The van der Waals surface area contributed by atoms with E-state index in [1.807, 2.05) is 0 Å². The smallest absolute Gasteiger partial charge is 0.0218 e. The fourth-order valence-electron chi connectivity index (χ4n) is 2.05. The lowest BCUT2D eigenvalue weighted by atomic mass is 10.0. The minimum Gasteiger partial charge on any atom is -0.329 e. The molecular formula is C11H24N2. The van der Waals surface area contributed by atoms with Gasteiger partial charge in [0.25, 0.3) is 0 Å². The Morgan fingerprint density at radius 2 is 2.15 bits per heavy atom. The monoisotopic (exact) mass is 184 g/mol. The summed E-state index contributed by atoms with van der Waals surface area (Å²) >= 11 is 0. The molecule has 2 heteroatoms. The van der Waals surface area contributed by atoms with Crippen LogP contribution in [0, 0.1) is 5.92 Å². The number of rotatable bonds is 4. The van der Waals surface area contributed by atoms with Crippen molar-refractivity contribution in [3.63, 3.8) is 0 Å². The third-order valence-electron chi connectivity index (χ3n) is 3.01. The Morgan fingerprint density at radius 1 is 1.38 bits per heavy atom. The topological polar surface area (TPSA) is 29.3 Å². The van der Waals surface area contributed by atoms with E-state index in [9.17, 15) is 0 Å². The molecule has 0 saturated carbocycles. The number of piperidine rings is 1. The van der Waals surface area contributed by atoms with E-state index >= 15 is 0 Å². The molecule has 1 fully saturated rings. The maximum atomic E-state index is 5.76. The molecular weight excluding hydrogens is 160 g/mol. The van der Waals surface area contributed by atoms with Gasteiger partial charge in [0.1, 0.15) is 0 Å². The van der Waals surface area contributed by atoms with E-state index in [1.54, 1.807) is 0 Å². The molecule has 0 radical (unpaired) electrons. The fourth-order valence-corrected chi connectivity index (χ4v) is 2.05. The zero-order chi connectivity index (χ0) is 9.68. The predicted molar refractivity (Wildman–Crippen MR) is 57.7 cm³/mol. The highest BCUT2D eigenvalue weighted by atomic mass is 15.2. The molecule has 2 nitrogen and oxygen atoms in total. The van der Waals surface area contributed by atoms with Gasteiger partial charge < -0.3 is 5.73 Å². The summed E-state index contributed by atoms with van der Waals surface area (Å²) in [6, 6.07) is 0.674. The van der Waals surface area contributed by atoms with E-state index in [1.165, 1.54) is 38.8 Å². The summed E-state index contributed by atoms with van der Waals surface area (Å²) in [5, 5.41) is 0. The summed E-state index contributed by atoms with van der Waals surface area (Å²) in [5.41, 5.74) is 5.76. The number of hydrogen-bond donors (Lipinski definition) is 1. The van der Waals surface area contributed by atoms with Gasteiger partial charge in [-0.2, -0.15) is 0 Å². The Morgan fingerprint density at radius 3 is 2.77 bits per heavy atom. The van der Waals surface area contributed by atoms with Crippen LogP contribution in [0.2, 0.25) is 0 Å². The van der Waals surface area contributed by atoms with Crippen LogP contribution in [0.4, 0.5) is 0 Å². The van der Waals surface area contributed by atoms with Crippen molar-refractivity contribution in [2.75, 3.05) is 19.6 Å². The number of nitrogens with two attached hydrogens (primary N) is 1. The van der Waals surface area contributed by atoms with Gasteiger partial charge in [-0.15, -0.1) is 0 Å². The van der Waals surface area contributed by atoms with Crippen LogP contribution in [0.25, 0.3) is 0 Å². The third kappa shape index (κ3) is 3.65. The Hall–Kier alpha value is -0.0800. The Kier molecular flexibility index (Phi) is 4.74.